The van der Waals surface area contributed by atoms with Crippen LogP contribution >= 0.6 is 0 Å². The van der Waals surface area contributed by atoms with Crippen molar-refractivity contribution in [1.82, 2.24) is 9.88 Å². The summed E-state index contributed by atoms with van der Waals surface area (Å²) in [5, 5.41) is 16.4. The predicted octanol–water partition coefficient (Wildman–Crippen LogP) is 2.57. The fourth-order valence-electron chi connectivity index (χ4n) is 2.96. The highest BCUT2D eigenvalue weighted by Gasteiger charge is 2.25. The van der Waals surface area contributed by atoms with Crippen molar-refractivity contribution in [3.8, 4) is 11.3 Å². The van der Waals surface area contributed by atoms with Gasteiger partial charge in [0.15, 0.2) is 0 Å². The largest absolute Gasteiger partial charge is 0.409 e. The van der Waals surface area contributed by atoms with Crippen LogP contribution in [0.1, 0.15) is 5.56 Å². The summed E-state index contributed by atoms with van der Waals surface area (Å²) >= 11 is 0. The van der Waals surface area contributed by atoms with E-state index in [9.17, 15) is 10.0 Å². The van der Waals surface area contributed by atoms with Crippen LogP contribution in [0.3, 0.4) is 0 Å². The molecule has 1 aliphatic heterocycles. The van der Waals surface area contributed by atoms with Crippen molar-refractivity contribution in [3.63, 3.8) is 0 Å². The summed E-state index contributed by atoms with van der Waals surface area (Å²) in [6, 6.07) is 17.7. The molecular formula is C17H13N3O2. The number of hydrogen-bond donors (Lipinski definition) is 2. The normalized spacial score (nSPS) is 15.8. The number of rotatable bonds is 1. The van der Waals surface area contributed by atoms with Gasteiger partial charge in [-0.25, -0.2) is 0 Å². The maximum absolute atomic E-state index is 12.2. The Labute approximate surface area is 126 Å². The SMILES string of the molecule is O=C1NCc2cccc3cc(-c4ccccc4)n(c23)/C1=N\O. The molecule has 0 spiro atoms. The van der Waals surface area contributed by atoms with Crippen molar-refractivity contribution < 1.29 is 10.0 Å². The lowest BCUT2D eigenvalue weighted by Gasteiger charge is -2.09. The second-order valence-electron chi connectivity index (χ2n) is 5.19. The van der Waals surface area contributed by atoms with Gasteiger partial charge < -0.3 is 10.5 Å². The number of oxime groups is 1. The van der Waals surface area contributed by atoms with Crippen LogP contribution in [-0.4, -0.2) is 21.5 Å². The molecule has 0 bridgehead atoms. The molecule has 22 heavy (non-hydrogen) atoms. The van der Waals surface area contributed by atoms with E-state index in [0.29, 0.717) is 6.54 Å². The summed E-state index contributed by atoms with van der Waals surface area (Å²) < 4.78 is 1.72. The predicted molar refractivity (Wildman–Crippen MR) is 83.8 cm³/mol. The zero-order valence-corrected chi connectivity index (χ0v) is 11.7. The molecule has 0 aliphatic carbocycles. The highest BCUT2D eigenvalue weighted by molar-refractivity contribution is 6.40. The fourth-order valence-corrected chi connectivity index (χ4v) is 2.96. The van der Waals surface area contributed by atoms with Crippen molar-refractivity contribution in [1.29, 1.82) is 0 Å². The number of carbonyl (C=O) groups excluding carboxylic acids is 1. The average molecular weight is 291 g/mol. The minimum Gasteiger partial charge on any atom is -0.409 e. The van der Waals surface area contributed by atoms with Crippen LogP contribution < -0.4 is 5.32 Å². The first-order chi connectivity index (χ1) is 10.8. The number of amides is 1. The lowest BCUT2D eigenvalue weighted by atomic mass is 10.1. The molecule has 1 amide bonds. The van der Waals surface area contributed by atoms with Crippen molar-refractivity contribution >= 4 is 22.6 Å². The Bertz CT molecular complexity index is 910. The molecule has 1 aromatic heterocycles. The van der Waals surface area contributed by atoms with Crippen LogP contribution in [0, 0.1) is 0 Å². The number of nitrogens with zero attached hydrogens (tertiary/aromatic N) is 2. The van der Waals surface area contributed by atoms with Crippen molar-refractivity contribution in [2.75, 3.05) is 0 Å². The first kappa shape index (κ1) is 12.6. The van der Waals surface area contributed by atoms with Crippen LogP contribution in [0.5, 0.6) is 0 Å². The molecule has 0 fully saturated rings. The van der Waals surface area contributed by atoms with Crippen molar-refractivity contribution in [2.45, 2.75) is 6.54 Å². The molecule has 1 aliphatic rings. The molecule has 4 rings (SSSR count). The molecule has 2 N–H and O–H groups in total. The van der Waals surface area contributed by atoms with Crippen LogP contribution in [0.2, 0.25) is 0 Å². The Hall–Kier alpha value is -3.08. The second kappa shape index (κ2) is 4.73. The summed E-state index contributed by atoms with van der Waals surface area (Å²) in [4.78, 5) is 12.2. The van der Waals surface area contributed by atoms with E-state index in [0.717, 1.165) is 27.7 Å². The zero-order chi connectivity index (χ0) is 15.1. The van der Waals surface area contributed by atoms with Gasteiger partial charge in [0.25, 0.3) is 5.91 Å². The van der Waals surface area contributed by atoms with Gasteiger partial charge in [-0.15, -0.1) is 0 Å². The topological polar surface area (TPSA) is 66.6 Å². The molecular weight excluding hydrogens is 278 g/mol. The third-order valence-corrected chi connectivity index (χ3v) is 3.93. The number of aromatic nitrogens is 1. The van der Waals surface area contributed by atoms with E-state index in [1.807, 2.05) is 54.6 Å². The lowest BCUT2D eigenvalue weighted by Crippen LogP contribution is -2.32. The van der Waals surface area contributed by atoms with Gasteiger partial charge in [-0.3, -0.25) is 9.36 Å². The molecule has 0 unspecified atom stereocenters. The Morgan fingerprint density at radius 3 is 2.68 bits per heavy atom. The van der Waals surface area contributed by atoms with Crippen LogP contribution in [0.15, 0.2) is 59.8 Å². The number of carbonyl (C=O) groups is 1. The van der Waals surface area contributed by atoms with E-state index in [2.05, 4.69) is 10.5 Å². The minimum atomic E-state index is -0.395. The molecule has 2 aromatic carbocycles. The fraction of sp³-hybridized carbons (Fsp3) is 0.0588. The third-order valence-electron chi connectivity index (χ3n) is 3.93. The Morgan fingerprint density at radius 1 is 1.09 bits per heavy atom. The third kappa shape index (κ3) is 1.72. The molecule has 0 saturated heterocycles. The van der Waals surface area contributed by atoms with E-state index in [-0.39, 0.29) is 5.84 Å². The van der Waals surface area contributed by atoms with Crippen molar-refractivity contribution in [3.05, 3.63) is 60.2 Å². The molecule has 0 atom stereocenters. The maximum atomic E-state index is 12.2. The molecule has 0 radical (unpaired) electrons. The molecule has 0 saturated carbocycles. The van der Waals surface area contributed by atoms with E-state index in [1.165, 1.54) is 0 Å². The zero-order valence-electron chi connectivity index (χ0n) is 11.7. The van der Waals surface area contributed by atoms with E-state index >= 15 is 0 Å². The van der Waals surface area contributed by atoms with Crippen LogP contribution in [0.4, 0.5) is 0 Å². The van der Waals surface area contributed by atoms with Gasteiger partial charge in [-0.2, -0.15) is 0 Å². The molecule has 108 valence electrons. The van der Waals surface area contributed by atoms with Gasteiger partial charge >= 0.3 is 0 Å². The van der Waals surface area contributed by atoms with Crippen molar-refractivity contribution in [2.24, 2.45) is 5.16 Å². The van der Waals surface area contributed by atoms with E-state index in [1.54, 1.807) is 4.57 Å². The number of benzene rings is 2. The number of para-hydroxylation sites is 1. The van der Waals surface area contributed by atoms with Crippen LogP contribution in [-0.2, 0) is 11.3 Å². The molecule has 2 heterocycles. The lowest BCUT2D eigenvalue weighted by molar-refractivity contribution is -0.115. The Balaban J connectivity index is 2.13. The maximum Gasteiger partial charge on any atom is 0.291 e. The average Bonchev–Trinajstić information content (AvgIpc) is 2.87. The molecule has 5 nitrogen and oxygen atoms in total. The summed E-state index contributed by atoms with van der Waals surface area (Å²) in [6.07, 6.45) is 0. The first-order valence-corrected chi connectivity index (χ1v) is 6.99. The second-order valence-corrected chi connectivity index (χ2v) is 5.19. The standard InChI is InChI=1S/C17H13N3O2/c21-17-16(19-22)20-14(11-5-2-1-3-6-11)9-12-7-4-8-13(10-18-17)15(12)20/h1-9,22H,10H2,(H,18,21)/b19-16-. The van der Waals surface area contributed by atoms with E-state index in [4.69, 9.17) is 0 Å². The van der Waals surface area contributed by atoms with Gasteiger partial charge in [0, 0.05) is 11.9 Å². The summed E-state index contributed by atoms with van der Waals surface area (Å²) in [6.45, 7) is 0.410. The monoisotopic (exact) mass is 291 g/mol. The summed E-state index contributed by atoms with van der Waals surface area (Å²) in [5.41, 5.74) is 3.67. The Kier molecular flexibility index (Phi) is 2.72. The summed E-state index contributed by atoms with van der Waals surface area (Å²) in [5.74, 6) is -0.410. The number of hydrogen-bond acceptors (Lipinski definition) is 3. The number of nitrogens with one attached hydrogen (secondary N) is 1. The highest BCUT2D eigenvalue weighted by atomic mass is 16.4. The van der Waals surface area contributed by atoms with Gasteiger partial charge in [0.1, 0.15) is 0 Å². The van der Waals surface area contributed by atoms with Gasteiger partial charge in [0.2, 0.25) is 5.84 Å². The van der Waals surface area contributed by atoms with Gasteiger partial charge in [0.05, 0.1) is 11.2 Å². The molecule has 3 aromatic rings. The smallest absolute Gasteiger partial charge is 0.291 e. The summed E-state index contributed by atoms with van der Waals surface area (Å²) in [7, 11) is 0. The highest BCUT2D eigenvalue weighted by Crippen LogP contribution is 2.31. The first-order valence-electron chi connectivity index (χ1n) is 6.99. The minimum absolute atomic E-state index is 0.0150. The van der Waals surface area contributed by atoms with Crippen LogP contribution in [0.25, 0.3) is 22.2 Å². The van der Waals surface area contributed by atoms with E-state index < -0.39 is 5.91 Å². The van der Waals surface area contributed by atoms with Gasteiger partial charge in [-0.1, -0.05) is 53.7 Å². The van der Waals surface area contributed by atoms with Gasteiger partial charge in [-0.05, 0) is 17.2 Å². The molecule has 5 heteroatoms. The Morgan fingerprint density at radius 2 is 1.91 bits per heavy atom. The quantitative estimate of drug-likeness (QED) is 0.534.